The lowest BCUT2D eigenvalue weighted by Crippen LogP contribution is -2.45. The van der Waals surface area contributed by atoms with E-state index in [0.29, 0.717) is 18.8 Å². The van der Waals surface area contributed by atoms with Gasteiger partial charge < -0.3 is 10.4 Å². The zero-order valence-corrected chi connectivity index (χ0v) is 11.7. The van der Waals surface area contributed by atoms with Crippen molar-refractivity contribution in [2.24, 2.45) is 0 Å². The van der Waals surface area contributed by atoms with E-state index in [4.69, 9.17) is 0 Å². The lowest BCUT2D eigenvalue weighted by molar-refractivity contribution is -0.142. The Bertz CT molecular complexity index is 409. The number of nitrogens with one attached hydrogen (secondary N) is 1. The largest absolute Gasteiger partial charge is 0.480 e. The summed E-state index contributed by atoms with van der Waals surface area (Å²) in [7, 11) is 0. The molecule has 0 spiro atoms. The van der Waals surface area contributed by atoms with Gasteiger partial charge in [0.15, 0.2) is 0 Å². The highest BCUT2D eigenvalue weighted by Gasteiger charge is 2.35. The Morgan fingerprint density at radius 1 is 1.28 bits per heavy atom. The van der Waals surface area contributed by atoms with Crippen molar-refractivity contribution in [2.75, 3.05) is 5.32 Å². The molecule has 0 fully saturated rings. The van der Waals surface area contributed by atoms with E-state index in [1.807, 2.05) is 38.1 Å². The van der Waals surface area contributed by atoms with Crippen molar-refractivity contribution in [3.8, 4) is 0 Å². The van der Waals surface area contributed by atoms with Crippen LogP contribution in [0.5, 0.6) is 0 Å². The third-order valence-corrected chi connectivity index (χ3v) is 3.57. The monoisotopic (exact) mass is 249 g/mol. The minimum Gasteiger partial charge on any atom is -0.480 e. The lowest BCUT2D eigenvalue weighted by atomic mass is 9.91. The van der Waals surface area contributed by atoms with Crippen LogP contribution in [-0.4, -0.2) is 16.6 Å². The van der Waals surface area contributed by atoms with E-state index >= 15 is 0 Å². The molecule has 0 atom stereocenters. The summed E-state index contributed by atoms with van der Waals surface area (Å²) in [4.78, 5) is 11.5. The molecule has 0 saturated heterocycles. The molecule has 3 nitrogen and oxygen atoms in total. The number of hydrogen-bond donors (Lipinski definition) is 2. The number of anilines is 1. The number of benzene rings is 1. The van der Waals surface area contributed by atoms with E-state index in [-0.39, 0.29) is 0 Å². The highest BCUT2D eigenvalue weighted by molar-refractivity contribution is 5.83. The third kappa shape index (κ3) is 2.84. The quantitative estimate of drug-likeness (QED) is 0.804. The number of para-hydroxylation sites is 1. The molecule has 0 radical (unpaired) electrons. The van der Waals surface area contributed by atoms with E-state index in [9.17, 15) is 9.90 Å². The number of carbonyl (C=O) groups is 1. The highest BCUT2D eigenvalue weighted by atomic mass is 16.4. The maximum atomic E-state index is 11.5. The molecule has 0 heterocycles. The molecule has 0 amide bonds. The molecule has 1 aromatic carbocycles. The molecular formula is C15H23NO2. The number of carboxylic acid groups (broad SMARTS) is 1. The molecular weight excluding hydrogens is 226 g/mol. The highest BCUT2D eigenvalue weighted by Crippen LogP contribution is 2.29. The van der Waals surface area contributed by atoms with E-state index in [1.165, 1.54) is 0 Å². The first-order valence-corrected chi connectivity index (χ1v) is 6.57. The molecule has 3 heteroatoms. The molecule has 0 aliphatic carbocycles. The van der Waals surface area contributed by atoms with Crippen LogP contribution in [0, 0.1) is 0 Å². The number of aliphatic carboxylic acids is 1. The predicted octanol–water partition coefficient (Wildman–Crippen LogP) is 3.87. The fraction of sp³-hybridized carbons (Fsp3) is 0.533. The third-order valence-electron chi connectivity index (χ3n) is 3.57. The minimum absolute atomic E-state index is 0.369. The van der Waals surface area contributed by atoms with E-state index < -0.39 is 11.5 Å². The Labute approximate surface area is 109 Å². The smallest absolute Gasteiger partial charge is 0.329 e. The average Bonchev–Trinajstić information content (AvgIpc) is 2.36. The van der Waals surface area contributed by atoms with E-state index in [2.05, 4.69) is 19.2 Å². The topological polar surface area (TPSA) is 49.3 Å². The molecule has 100 valence electrons. The van der Waals surface area contributed by atoms with Gasteiger partial charge in [-0.05, 0) is 30.4 Å². The van der Waals surface area contributed by atoms with Crippen LogP contribution < -0.4 is 5.32 Å². The van der Waals surface area contributed by atoms with Gasteiger partial charge in [-0.3, -0.25) is 0 Å². The molecule has 0 saturated carbocycles. The van der Waals surface area contributed by atoms with Crippen LogP contribution >= 0.6 is 0 Å². The van der Waals surface area contributed by atoms with Gasteiger partial charge in [-0.2, -0.15) is 0 Å². The normalized spacial score (nSPS) is 11.6. The van der Waals surface area contributed by atoms with Crippen LogP contribution in [0.4, 0.5) is 5.69 Å². The van der Waals surface area contributed by atoms with Gasteiger partial charge in [0.25, 0.3) is 0 Å². The van der Waals surface area contributed by atoms with Crippen LogP contribution in [0.1, 0.15) is 52.0 Å². The number of hydrogen-bond acceptors (Lipinski definition) is 2. The molecule has 1 aromatic rings. The van der Waals surface area contributed by atoms with Crippen molar-refractivity contribution in [1.82, 2.24) is 0 Å². The van der Waals surface area contributed by atoms with Gasteiger partial charge in [0.1, 0.15) is 5.54 Å². The zero-order valence-electron chi connectivity index (χ0n) is 11.7. The molecule has 0 aromatic heterocycles. The van der Waals surface area contributed by atoms with Crippen LogP contribution in [0.15, 0.2) is 24.3 Å². The number of carboxylic acids is 1. The van der Waals surface area contributed by atoms with E-state index in [1.54, 1.807) is 0 Å². The second-order valence-corrected chi connectivity index (χ2v) is 4.96. The Hall–Kier alpha value is -1.51. The molecule has 0 aliphatic rings. The minimum atomic E-state index is -0.870. The second kappa shape index (κ2) is 5.89. The standard InChI is InChI=1S/C15H23NO2/c1-5-15(6-2,14(17)18)16-13-10-8-7-9-12(13)11(3)4/h7-11,16H,5-6H2,1-4H3,(H,17,18). The number of rotatable bonds is 6. The fourth-order valence-corrected chi connectivity index (χ4v) is 2.15. The Balaban J connectivity index is 3.12. The first kappa shape index (κ1) is 14.6. The van der Waals surface area contributed by atoms with Gasteiger partial charge in [-0.15, -0.1) is 0 Å². The molecule has 0 aliphatic heterocycles. The first-order chi connectivity index (χ1) is 8.46. The van der Waals surface area contributed by atoms with Crippen molar-refractivity contribution in [1.29, 1.82) is 0 Å². The summed E-state index contributed by atoms with van der Waals surface area (Å²) >= 11 is 0. The SMILES string of the molecule is CCC(CC)(Nc1ccccc1C(C)C)C(=O)O. The van der Waals surface area contributed by atoms with E-state index in [0.717, 1.165) is 11.3 Å². The van der Waals surface area contributed by atoms with Crippen LogP contribution in [0.3, 0.4) is 0 Å². The van der Waals surface area contributed by atoms with Crippen molar-refractivity contribution >= 4 is 11.7 Å². The maximum absolute atomic E-state index is 11.5. The summed E-state index contributed by atoms with van der Waals surface area (Å²) in [6.45, 7) is 8.03. The lowest BCUT2D eigenvalue weighted by Gasteiger charge is -2.31. The van der Waals surface area contributed by atoms with Crippen molar-refractivity contribution in [3.05, 3.63) is 29.8 Å². The molecule has 0 unspecified atom stereocenters. The van der Waals surface area contributed by atoms with Gasteiger partial charge in [0, 0.05) is 5.69 Å². The summed E-state index contributed by atoms with van der Waals surface area (Å²) in [5.74, 6) is -0.417. The molecule has 1 rings (SSSR count). The molecule has 2 N–H and O–H groups in total. The summed E-state index contributed by atoms with van der Waals surface area (Å²) < 4.78 is 0. The summed E-state index contributed by atoms with van der Waals surface area (Å²) in [6, 6.07) is 7.93. The second-order valence-electron chi connectivity index (χ2n) is 4.96. The van der Waals surface area contributed by atoms with Crippen LogP contribution in [-0.2, 0) is 4.79 Å². The molecule has 0 bridgehead atoms. The van der Waals surface area contributed by atoms with Gasteiger partial charge in [0.2, 0.25) is 0 Å². The van der Waals surface area contributed by atoms with Gasteiger partial charge in [-0.25, -0.2) is 4.79 Å². The van der Waals surface area contributed by atoms with Gasteiger partial charge in [-0.1, -0.05) is 45.9 Å². The van der Waals surface area contributed by atoms with Crippen LogP contribution in [0.2, 0.25) is 0 Å². The Morgan fingerprint density at radius 2 is 1.83 bits per heavy atom. The summed E-state index contributed by atoms with van der Waals surface area (Å²) in [5.41, 5.74) is 1.22. The van der Waals surface area contributed by atoms with Gasteiger partial charge in [0.05, 0.1) is 0 Å². The predicted molar refractivity (Wildman–Crippen MR) is 75.1 cm³/mol. The molecule has 18 heavy (non-hydrogen) atoms. The maximum Gasteiger partial charge on any atom is 0.329 e. The zero-order chi connectivity index (χ0) is 13.8. The first-order valence-electron chi connectivity index (χ1n) is 6.57. The van der Waals surface area contributed by atoms with Crippen LogP contribution in [0.25, 0.3) is 0 Å². The van der Waals surface area contributed by atoms with Gasteiger partial charge >= 0.3 is 5.97 Å². The Kier molecular flexibility index (Phi) is 4.76. The summed E-state index contributed by atoms with van der Waals surface area (Å²) in [6.07, 6.45) is 1.12. The van der Waals surface area contributed by atoms with Crippen molar-refractivity contribution in [2.45, 2.75) is 52.0 Å². The average molecular weight is 249 g/mol. The van der Waals surface area contributed by atoms with Crippen molar-refractivity contribution < 1.29 is 9.90 Å². The van der Waals surface area contributed by atoms with Crippen molar-refractivity contribution in [3.63, 3.8) is 0 Å². The Morgan fingerprint density at radius 3 is 2.28 bits per heavy atom. The fourth-order valence-electron chi connectivity index (χ4n) is 2.15. The summed E-state index contributed by atoms with van der Waals surface area (Å²) in [5, 5.41) is 12.7.